The number of rotatable bonds is 10. The quantitative estimate of drug-likeness (QED) is 0.373. The van der Waals surface area contributed by atoms with Crippen molar-refractivity contribution in [1.82, 2.24) is 30.3 Å². The van der Waals surface area contributed by atoms with Crippen molar-refractivity contribution in [2.75, 3.05) is 5.32 Å². The third kappa shape index (κ3) is 5.12. The van der Waals surface area contributed by atoms with Gasteiger partial charge in [0.05, 0.1) is 5.69 Å². The molecule has 2 aliphatic carbocycles. The van der Waals surface area contributed by atoms with Gasteiger partial charge in [-0.05, 0) is 82.4 Å². The fraction of sp³-hybridized carbons (Fsp3) is 0.500. The molecule has 3 heterocycles. The van der Waals surface area contributed by atoms with E-state index in [-0.39, 0.29) is 23.2 Å². The van der Waals surface area contributed by atoms with E-state index in [9.17, 15) is 18.4 Å². The lowest BCUT2D eigenvalue weighted by atomic mass is 9.88. The van der Waals surface area contributed by atoms with Crippen LogP contribution in [0.3, 0.4) is 0 Å². The number of aryl methyl sites for hydroxylation is 3. The van der Waals surface area contributed by atoms with Crippen LogP contribution in [-0.2, 0) is 11.3 Å². The third-order valence-electron chi connectivity index (χ3n) is 7.32. The number of amides is 2. The highest BCUT2D eigenvalue weighted by molar-refractivity contribution is 6.00. The van der Waals surface area contributed by atoms with Crippen molar-refractivity contribution in [3.8, 4) is 11.1 Å². The van der Waals surface area contributed by atoms with Crippen molar-refractivity contribution in [2.24, 2.45) is 17.8 Å². The normalized spacial score (nSPS) is 16.3. The maximum Gasteiger partial charge on any atom is 0.281 e. The first-order valence-corrected chi connectivity index (χ1v) is 12.7. The average molecular weight is 512 g/mol. The third-order valence-corrected chi connectivity index (χ3v) is 7.32. The molecule has 9 nitrogen and oxygen atoms in total. The SMILES string of the molecule is CCn1nccc1C(=O)NC(C(=O)Nc1ccc(-c2c(C)n[nH]c2C)c(C(F)F)n1)C(C1CC1)C1CC1. The second-order valence-electron chi connectivity index (χ2n) is 9.96. The predicted molar refractivity (Wildman–Crippen MR) is 133 cm³/mol. The maximum atomic E-state index is 14.0. The number of halogens is 2. The molecule has 3 aromatic rings. The number of hydrogen-bond acceptors (Lipinski definition) is 5. The van der Waals surface area contributed by atoms with Gasteiger partial charge in [-0.25, -0.2) is 13.8 Å². The highest BCUT2D eigenvalue weighted by atomic mass is 19.3. The van der Waals surface area contributed by atoms with Crippen LogP contribution in [0.4, 0.5) is 14.6 Å². The number of alkyl halides is 2. The van der Waals surface area contributed by atoms with Crippen LogP contribution in [0.25, 0.3) is 11.1 Å². The zero-order chi connectivity index (χ0) is 26.3. The van der Waals surface area contributed by atoms with Gasteiger partial charge in [-0.2, -0.15) is 10.2 Å². The van der Waals surface area contributed by atoms with E-state index in [0.29, 0.717) is 41.0 Å². The molecule has 0 spiro atoms. The Morgan fingerprint density at radius 2 is 1.84 bits per heavy atom. The van der Waals surface area contributed by atoms with Gasteiger partial charge in [0.2, 0.25) is 5.91 Å². The highest BCUT2D eigenvalue weighted by Gasteiger charge is 2.48. The molecule has 2 fully saturated rings. The van der Waals surface area contributed by atoms with Crippen LogP contribution >= 0.6 is 0 Å². The number of carbonyl (C=O) groups excluding carboxylic acids is 2. The molecule has 196 valence electrons. The van der Waals surface area contributed by atoms with Gasteiger partial charge in [-0.3, -0.25) is 19.4 Å². The Morgan fingerprint density at radius 1 is 1.14 bits per heavy atom. The summed E-state index contributed by atoms with van der Waals surface area (Å²) in [6.45, 7) is 5.89. The van der Waals surface area contributed by atoms with E-state index in [1.54, 1.807) is 30.8 Å². The molecule has 2 amide bonds. The largest absolute Gasteiger partial charge is 0.339 e. The summed E-state index contributed by atoms with van der Waals surface area (Å²) in [5.41, 5.74) is 2.02. The van der Waals surface area contributed by atoms with Crippen molar-refractivity contribution in [3.05, 3.63) is 47.2 Å². The molecule has 0 bridgehead atoms. The van der Waals surface area contributed by atoms with Crippen molar-refractivity contribution in [2.45, 2.75) is 65.5 Å². The summed E-state index contributed by atoms with van der Waals surface area (Å²) in [6.07, 6.45) is 2.75. The van der Waals surface area contributed by atoms with Crippen LogP contribution in [0.1, 0.15) is 66.6 Å². The van der Waals surface area contributed by atoms with Gasteiger partial charge in [0, 0.05) is 29.6 Å². The molecule has 3 aromatic heterocycles. The van der Waals surface area contributed by atoms with E-state index >= 15 is 0 Å². The molecule has 0 saturated heterocycles. The maximum absolute atomic E-state index is 14.0. The molecule has 0 aliphatic heterocycles. The monoisotopic (exact) mass is 511 g/mol. The minimum atomic E-state index is -2.85. The van der Waals surface area contributed by atoms with Crippen LogP contribution < -0.4 is 10.6 Å². The van der Waals surface area contributed by atoms with Gasteiger partial charge in [-0.1, -0.05) is 0 Å². The average Bonchev–Trinajstić information content (AvgIpc) is 3.81. The Kier molecular flexibility index (Phi) is 6.78. The molecule has 0 radical (unpaired) electrons. The summed E-state index contributed by atoms with van der Waals surface area (Å²) in [7, 11) is 0. The Labute approximate surface area is 213 Å². The number of pyridine rings is 1. The Morgan fingerprint density at radius 3 is 2.41 bits per heavy atom. The van der Waals surface area contributed by atoms with Crippen LogP contribution in [-0.4, -0.2) is 42.8 Å². The summed E-state index contributed by atoms with van der Waals surface area (Å²) in [5, 5.41) is 16.7. The van der Waals surface area contributed by atoms with E-state index in [4.69, 9.17) is 0 Å². The number of anilines is 1. The Balaban J connectivity index is 1.42. The smallest absolute Gasteiger partial charge is 0.281 e. The van der Waals surface area contributed by atoms with Crippen LogP contribution in [0.5, 0.6) is 0 Å². The summed E-state index contributed by atoms with van der Waals surface area (Å²) >= 11 is 0. The van der Waals surface area contributed by atoms with Crippen LogP contribution in [0, 0.1) is 31.6 Å². The molecule has 37 heavy (non-hydrogen) atoms. The van der Waals surface area contributed by atoms with Gasteiger partial charge in [0.1, 0.15) is 23.2 Å². The van der Waals surface area contributed by atoms with Gasteiger partial charge in [0.15, 0.2) is 0 Å². The van der Waals surface area contributed by atoms with Gasteiger partial charge in [0.25, 0.3) is 12.3 Å². The molecule has 2 saturated carbocycles. The van der Waals surface area contributed by atoms with E-state index in [2.05, 4.69) is 30.9 Å². The van der Waals surface area contributed by atoms with E-state index in [1.165, 1.54) is 12.1 Å². The molecule has 0 aromatic carbocycles. The van der Waals surface area contributed by atoms with Crippen molar-refractivity contribution in [1.29, 1.82) is 0 Å². The molecule has 11 heteroatoms. The number of nitrogens with zero attached hydrogens (tertiary/aromatic N) is 4. The summed E-state index contributed by atoms with van der Waals surface area (Å²) in [6, 6.07) is 3.86. The topological polar surface area (TPSA) is 118 Å². The zero-order valence-corrected chi connectivity index (χ0v) is 21.1. The van der Waals surface area contributed by atoms with Crippen LogP contribution in [0.2, 0.25) is 0 Å². The van der Waals surface area contributed by atoms with Crippen molar-refractivity contribution >= 4 is 17.6 Å². The van der Waals surface area contributed by atoms with Gasteiger partial charge >= 0.3 is 0 Å². The lowest BCUT2D eigenvalue weighted by molar-refractivity contribution is -0.119. The number of nitrogens with one attached hydrogen (secondary N) is 3. The predicted octanol–water partition coefficient (Wildman–Crippen LogP) is 4.42. The van der Waals surface area contributed by atoms with Crippen LogP contribution in [0.15, 0.2) is 24.4 Å². The number of hydrogen-bond donors (Lipinski definition) is 3. The number of carbonyl (C=O) groups is 2. The molecule has 3 N–H and O–H groups in total. The summed E-state index contributed by atoms with van der Waals surface area (Å²) in [4.78, 5) is 30.9. The first kappa shape index (κ1) is 25.0. The second-order valence-corrected chi connectivity index (χ2v) is 9.96. The lowest BCUT2D eigenvalue weighted by Gasteiger charge is -2.27. The van der Waals surface area contributed by atoms with E-state index in [1.807, 2.05) is 6.92 Å². The number of aromatic amines is 1. The number of aromatic nitrogens is 5. The first-order chi connectivity index (χ1) is 17.8. The summed E-state index contributed by atoms with van der Waals surface area (Å²) in [5.74, 6) is -0.0977. The Bertz CT molecular complexity index is 1280. The molecule has 5 rings (SSSR count). The molecule has 1 atom stereocenters. The summed E-state index contributed by atoms with van der Waals surface area (Å²) < 4.78 is 29.7. The standard InChI is InChI=1S/C26H31F2N7O2/c1-4-35-18(11-12-29-35)25(36)32-23(21(15-5-6-15)16-7-8-16)26(37)31-19-10-9-17(22(30-19)24(27)28)20-13(2)33-34-14(20)3/h9-12,15-16,21,23-24H,4-8H2,1-3H3,(H,32,36)(H,33,34)(H,30,31,37). The molecule has 2 aliphatic rings. The highest BCUT2D eigenvalue weighted by Crippen LogP contribution is 2.51. The van der Waals surface area contributed by atoms with Crippen molar-refractivity contribution < 1.29 is 18.4 Å². The lowest BCUT2D eigenvalue weighted by Crippen LogP contribution is -2.50. The fourth-order valence-electron chi connectivity index (χ4n) is 5.29. The first-order valence-electron chi connectivity index (χ1n) is 12.7. The molecule has 1 unspecified atom stereocenters. The molecular weight excluding hydrogens is 480 g/mol. The Hall–Kier alpha value is -3.63. The van der Waals surface area contributed by atoms with Gasteiger partial charge < -0.3 is 10.6 Å². The van der Waals surface area contributed by atoms with Crippen molar-refractivity contribution in [3.63, 3.8) is 0 Å². The number of H-pyrrole nitrogens is 1. The minimum Gasteiger partial charge on any atom is -0.339 e. The molecular formula is C26H31F2N7O2. The van der Waals surface area contributed by atoms with Gasteiger partial charge in [-0.15, -0.1) is 0 Å². The fourth-order valence-corrected chi connectivity index (χ4v) is 5.29. The van der Waals surface area contributed by atoms with E-state index in [0.717, 1.165) is 25.7 Å². The minimum absolute atomic E-state index is 0.00739. The van der Waals surface area contributed by atoms with E-state index < -0.39 is 24.1 Å². The second kappa shape index (κ2) is 10.0. The zero-order valence-electron chi connectivity index (χ0n) is 21.1.